The summed E-state index contributed by atoms with van der Waals surface area (Å²) in [6, 6.07) is 4.13. The van der Waals surface area contributed by atoms with Gasteiger partial charge in [0.2, 0.25) is 5.95 Å². The van der Waals surface area contributed by atoms with Gasteiger partial charge in [-0.25, -0.2) is 9.37 Å². The Balaban J connectivity index is 1.15. The van der Waals surface area contributed by atoms with Crippen molar-refractivity contribution in [1.82, 2.24) is 25.2 Å². The fraction of sp³-hybridized carbons (Fsp3) is 0.485. The number of piperidine rings is 1. The lowest BCUT2D eigenvalue weighted by atomic mass is 10.0. The molecule has 2 aliphatic heterocycles. The van der Waals surface area contributed by atoms with Gasteiger partial charge in [-0.1, -0.05) is 18.9 Å². The molecule has 1 saturated carbocycles. The average molecular weight is 668 g/mol. The normalized spacial score (nSPS) is 18.8. The predicted molar refractivity (Wildman–Crippen MR) is 174 cm³/mol. The van der Waals surface area contributed by atoms with Crippen LogP contribution in [0.5, 0.6) is 5.75 Å². The highest BCUT2D eigenvalue weighted by Gasteiger charge is 2.48. The number of hydrogen-bond donors (Lipinski definition) is 3. The minimum atomic E-state index is -3.61. The molecule has 1 saturated heterocycles. The van der Waals surface area contributed by atoms with Crippen LogP contribution < -0.4 is 30.9 Å². The number of anilines is 4. The summed E-state index contributed by atoms with van der Waals surface area (Å²) in [7, 11) is 2.66. The minimum Gasteiger partial charge on any atom is -0.495 e. The van der Waals surface area contributed by atoms with E-state index in [4.69, 9.17) is 10.5 Å². The van der Waals surface area contributed by atoms with Crippen LogP contribution in [0.4, 0.5) is 36.3 Å². The van der Waals surface area contributed by atoms with E-state index in [-0.39, 0.29) is 46.5 Å². The Bertz CT molecular complexity index is 1660. The minimum absolute atomic E-state index is 0.00462. The average Bonchev–Trinajstić information content (AvgIpc) is 3.60. The van der Waals surface area contributed by atoms with Gasteiger partial charge in [-0.05, 0) is 42.9 Å². The molecule has 0 atom stereocenters. The van der Waals surface area contributed by atoms with Gasteiger partial charge in [0, 0.05) is 63.8 Å². The third kappa shape index (κ3) is 7.02. The number of likely N-dealkylation sites (tertiary alicyclic amines) is 1. The number of fused-ring (bicyclic) bond motifs is 1. The zero-order chi connectivity index (χ0) is 34.0. The molecule has 0 radical (unpaired) electrons. The number of hydrogen-bond acceptors (Lipinski definition) is 10. The molecule has 4 heterocycles. The number of halogens is 3. The Hall–Kier alpha value is -4.50. The second-order valence-electron chi connectivity index (χ2n) is 12.6. The van der Waals surface area contributed by atoms with Crippen LogP contribution in [-0.2, 0) is 17.9 Å². The summed E-state index contributed by atoms with van der Waals surface area (Å²) in [5.41, 5.74) is 7.90. The first kappa shape index (κ1) is 33.4. The van der Waals surface area contributed by atoms with Crippen LogP contribution in [0.1, 0.15) is 60.0 Å². The van der Waals surface area contributed by atoms with Gasteiger partial charge in [-0.15, -0.1) is 0 Å². The summed E-state index contributed by atoms with van der Waals surface area (Å²) in [4.78, 5) is 43.5. The number of pyridine rings is 1. The number of nitrogens with one attached hydrogen (secondary N) is 2. The number of nitrogens with zero attached hydrogens (tertiary/aromatic N) is 6. The molecule has 0 bridgehead atoms. The number of nitrogens with two attached hydrogens (primary N) is 1. The Morgan fingerprint density at radius 2 is 1.81 bits per heavy atom. The summed E-state index contributed by atoms with van der Waals surface area (Å²) in [6.45, 7) is 1.87. The number of carbonyl (C=O) groups excluding carboxylic acids is 2. The largest absolute Gasteiger partial charge is 0.495 e. The van der Waals surface area contributed by atoms with E-state index in [1.807, 2.05) is 12.3 Å². The molecular weight excluding hydrogens is 627 g/mol. The van der Waals surface area contributed by atoms with E-state index in [0.29, 0.717) is 32.2 Å². The summed E-state index contributed by atoms with van der Waals surface area (Å²) in [5, 5.41) is 5.87. The molecule has 12 nitrogen and oxygen atoms in total. The first-order valence-electron chi connectivity index (χ1n) is 16.2. The van der Waals surface area contributed by atoms with E-state index >= 15 is 4.39 Å². The highest BCUT2D eigenvalue weighted by Crippen LogP contribution is 2.40. The second-order valence-corrected chi connectivity index (χ2v) is 12.6. The molecule has 15 heteroatoms. The third-order valence-electron chi connectivity index (χ3n) is 9.33. The maximum Gasteiger partial charge on any atom is 0.342 e. The number of ether oxygens (including phenoxy) is 1. The van der Waals surface area contributed by atoms with Crippen molar-refractivity contribution in [1.29, 1.82) is 0 Å². The van der Waals surface area contributed by atoms with Gasteiger partial charge in [0.05, 0.1) is 31.1 Å². The number of aromatic nitrogens is 3. The van der Waals surface area contributed by atoms with E-state index in [1.165, 1.54) is 31.3 Å². The number of rotatable bonds is 9. The van der Waals surface area contributed by atoms with Crippen molar-refractivity contribution in [2.24, 2.45) is 5.73 Å². The lowest BCUT2D eigenvalue weighted by molar-refractivity contribution is -0.140. The Kier molecular flexibility index (Phi) is 9.69. The second kappa shape index (κ2) is 13.9. The zero-order valence-electron chi connectivity index (χ0n) is 27.0. The van der Waals surface area contributed by atoms with Gasteiger partial charge in [-0.3, -0.25) is 19.5 Å². The van der Waals surface area contributed by atoms with Crippen LogP contribution in [0.2, 0.25) is 0 Å². The molecule has 3 aromatic rings. The zero-order valence-corrected chi connectivity index (χ0v) is 27.0. The van der Waals surface area contributed by atoms with Crippen LogP contribution in [0.3, 0.4) is 0 Å². The maximum absolute atomic E-state index is 15.5. The van der Waals surface area contributed by atoms with Crippen LogP contribution in [0, 0.1) is 5.82 Å². The SMILES string of the molecule is COc1cc(C(=O)NC2CCN(Cc3cncc(CN)c3)CC2)c(F)cc1Nc1ncc2c(n1)N(C1CCCC1)CC(F)(F)C(=O)N2C. The van der Waals surface area contributed by atoms with Crippen LogP contribution in [-0.4, -0.2) is 83.5 Å². The van der Waals surface area contributed by atoms with Crippen LogP contribution in [0.25, 0.3) is 0 Å². The molecule has 48 heavy (non-hydrogen) atoms. The maximum atomic E-state index is 15.5. The predicted octanol–water partition coefficient (Wildman–Crippen LogP) is 3.98. The van der Waals surface area contributed by atoms with E-state index in [0.717, 1.165) is 54.6 Å². The molecule has 1 aromatic carbocycles. The van der Waals surface area contributed by atoms with Gasteiger partial charge in [0.25, 0.3) is 11.8 Å². The van der Waals surface area contributed by atoms with Gasteiger partial charge in [0.1, 0.15) is 17.3 Å². The van der Waals surface area contributed by atoms with Crippen molar-refractivity contribution >= 4 is 35.0 Å². The molecule has 0 unspecified atom stereocenters. The molecule has 4 N–H and O–H groups in total. The van der Waals surface area contributed by atoms with Gasteiger partial charge >= 0.3 is 5.92 Å². The molecule has 2 aromatic heterocycles. The standard InChI is InChI=1S/C33H40F3N9O3/c1-43-27-17-39-32(42-29(27)45(23-5-3-4-6-23)19-33(35,36)31(43)47)41-26-13-25(34)24(12-28(26)48-2)30(46)40-22-7-9-44(10-8-22)18-21-11-20(14-37)15-38-16-21/h11-13,15-17,22-23H,3-10,14,18-19,37H2,1-2H3,(H,40,46)(H,39,41,42). The summed E-state index contributed by atoms with van der Waals surface area (Å²) >= 11 is 0. The summed E-state index contributed by atoms with van der Waals surface area (Å²) in [5.74, 6) is -5.94. The Labute approximate surface area is 276 Å². The number of carbonyl (C=O) groups is 2. The van der Waals surface area contributed by atoms with Crippen LogP contribution >= 0.6 is 0 Å². The number of methoxy groups -OCH3 is 1. The van der Waals surface area contributed by atoms with Crippen molar-refractivity contribution in [3.05, 3.63) is 59.3 Å². The highest BCUT2D eigenvalue weighted by molar-refractivity contribution is 6.02. The van der Waals surface area contributed by atoms with E-state index in [1.54, 1.807) is 6.20 Å². The van der Waals surface area contributed by atoms with Crippen molar-refractivity contribution in [2.45, 2.75) is 69.6 Å². The highest BCUT2D eigenvalue weighted by atomic mass is 19.3. The van der Waals surface area contributed by atoms with E-state index in [2.05, 4.69) is 30.5 Å². The monoisotopic (exact) mass is 667 g/mol. The molecule has 2 fully saturated rings. The fourth-order valence-corrected chi connectivity index (χ4v) is 6.71. The topological polar surface area (TPSA) is 142 Å². The quantitative estimate of drug-likeness (QED) is 0.307. The first-order valence-corrected chi connectivity index (χ1v) is 16.2. The molecule has 3 aliphatic rings. The van der Waals surface area contributed by atoms with Crippen molar-refractivity contribution in [2.75, 3.05) is 48.9 Å². The smallest absolute Gasteiger partial charge is 0.342 e. The molecule has 1 aliphatic carbocycles. The Morgan fingerprint density at radius 3 is 2.52 bits per heavy atom. The van der Waals surface area contributed by atoms with E-state index in [9.17, 15) is 18.4 Å². The molecule has 6 rings (SSSR count). The first-order chi connectivity index (χ1) is 23.1. The summed E-state index contributed by atoms with van der Waals surface area (Å²) < 4.78 is 50.8. The summed E-state index contributed by atoms with van der Waals surface area (Å²) in [6.07, 6.45) is 9.46. The molecule has 0 spiro atoms. The molecule has 2 amide bonds. The third-order valence-corrected chi connectivity index (χ3v) is 9.33. The van der Waals surface area contributed by atoms with Gasteiger partial charge in [0.15, 0.2) is 5.82 Å². The van der Waals surface area contributed by atoms with E-state index < -0.39 is 30.1 Å². The van der Waals surface area contributed by atoms with Crippen molar-refractivity contribution in [3.63, 3.8) is 0 Å². The molecular formula is C33H40F3N9O3. The number of amides is 2. The lowest BCUT2D eigenvalue weighted by Crippen LogP contribution is -2.48. The van der Waals surface area contributed by atoms with Gasteiger partial charge < -0.3 is 30.9 Å². The Morgan fingerprint density at radius 1 is 1.08 bits per heavy atom. The number of alkyl halides is 2. The van der Waals surface area contributed by atoms with Crippen molar-refractivity contribution in [3.8, 4) is 5.75 Å². The number of benzene rings is 1. The van der Waals surface area contributed by atoms with Gasteiger partial charge in [-0.2, -0.15) is 13.8 Å². The van der Waals surface area contributed by atoms with Crippen LogP contribution in [0.15, 0.2) is 36.8 Å². The fourth-order valence-electron chi connectivity index (χ4n) is 6.71. The van der Waals surface area contributed by atoms with Crippen molar-refractivity contribution < 1.29 is 27.5 Å². The lowest BCUT2D eigenvalue weighted by Gasteiger charge is -2.32. The molecule has 256 valence electrons.